The molecule has 0 aliphatic heterocycles. The fourth-order valence-electron chi connectivity index (χ4n) is 0.692. The molecule has 0 aromatic heterocycles. The van der Waals surface area contributed by atoms with Crippen molar-refractivity contribution >= 4 is 21.8 Å². The van der Waals surface area contributed by atoms with Crippen molar-refractivity contribution in [3.63, 3.8) is 0 Å². The fraction of sp³-hybridized carbons (Fsp3) is 0. The summed E-state index contributed by atoms with van der Waals surface area (Å²) in [5.74, 6) is -0.762. The fourth-order valence-corrected chi connectivity index (χ4v) is 1.50. The largest absolute Gasteiger partial charge is 0.505 e. The Hall–Kier alpha value is -0.810. The van der Waals surface area contributed by atoms with Crippen molar-refractivity contribution in [3.05, 3.63) is 23.2 Å². The van der Waals surface area contributed by atoms with Crippen LogP contribution in [0, 0.1) is 0 Å². The van der Waals surface area contributed by atoms with Gasteiger partial charge in [0.25, 0.3) is 0 Å². The van der Waals surface area contributed by atoms with E-state index in [1.54, 1.807) is 0 Å². The van der Waals surface area contributed by atoms with Gasteiger partial charge >= 0.3 is 10.2 Å². The molecule has 0 heterocycles. The maximum Gasteiger partial charge on any atom is 0.335 e. The monoisotopic (exact) mass is 210 g/mol. The summed E-state index contributed by atoms with van der Waals surface area (Å²) in [7, 11) is -4.89. The molecule has 0 radical (unpaired) electrons. The Morgan fingerprint density at radius 1 is 1.42 bits per heavy atom. The van der Waals surface area contributed by atoms with E-state index in [2.05, 4.69) is 0 Å². The Labute approximate surface area is 73.6 Å². The lowest BCUT2D eigenvalue weighted by atomic mass is 10.3. The van der Waals surface area contributed by atoms with E-state index in [4.69, 9.17) is 16.7 Å². The molecular weight excluding hydrogens is 207 g/mol. The summed E-state index contributed by atoms with van der Waals surface area (Å²) in [4.78, 5) is -0.810. The van der Waals surface area contributed by atoms with Crippen LogP contribution in [0.1, 0.15) is 0 Å². The molecule has 12 heavy (non-hydrogen) atoms. The van der Waals surface area contributed by atoms with Crippen LogP contribution in [0.5, 0.6) is 5.75 Å². The molecule has 1 N–H and O–H groups in total. The zero-order valence-electron chi connectivity index (χ0n) is 5.66. The van der Waals surface area contributed by atoms with Crippen molar-refractivity contribution in [2.75, 3.05) is 0 Å². The van der Waals surface area contributed by atoms with E-state index in [0.717, 1.165) is 6.07 Å². The van der Waals surface area contributed by atoms with Crippen LogP contribution in [0.2, 0.25) is 5.02 Å². The highest BCUT2D eigenvalue weighted by Crippen LogP contribution is 2.31. The molecule has 0 bridgehead atoms. The molecule has 3 nitrogen and oxygen atoms in total. The van der Waals surface area contributed by atoms with Crippen LogP contribution in [-0.2, 0) is 10.2 Å². The average Bonchev–Trinajstić information content (AvgIpc) is 1.92. The molecule has 0 amide bonds. The number of benzene rings is 1. The molecule has 66 valence electrons. The second-order valence-corrected chi connectivity index (χ2v) is 3.75. The van der Waals surface area contributed by atoms with Gasteiger partial charge in [-0.05, 0) is 12.1 Å². The first-order valence-corrected chi connectivity index (χ1v) is 4.61. The topological polar surface area (TPSA) is 54.4 Å². The number of phenolic OH excluding ortho intramolecular Hbond substituents is 1. The summed E-state index contributed by atoms with van der Waals surface area (Å²) >= 11 is 5.34. The lowest BCUT2D eigenvalue weighted by Gasteiger charge is -1.99. The quantitative estimate of drug-likeness (QED) is 0.718. The van der Waals surface area contributed by atoms with E-state index < -0.39 is 20.9 Å². The highest BCUT2D eigenvalue weighted by molar-refractivity contribution is 7.86. The summed E-state index contributed by atoms with van der Waals surface area (Å²) in [5.41, 5.74) is 0. The maximum atomic E-state index is 12.3. The van der Waals surface area contributed by atoms with E-state index in [1.165, 1.54) is 12.1 Å². The third-order valence-corrected chi connectivity index (χ3v) is 2.37. The summed E-state index contributed by atoms with van der Waals surface area (Å²) in [6.07, 6.45) is 0. The highest BCUT2D eigenvalue weighted by Gasteiger charge is 2.18. The maximum absolute atomic E-state index is 12.3. The van der Waals surface area contributed by atoms with Gasteiger partial charge < -0.3 is 5.11 Å². The Kier molecular flexibility index (Phi) is 2.25. The van der Waals surface area contributed by atoms with Crippen LogP contribution in [0.15, 0.2) is 23.1 Å². The number of hydrogen-bond acceptors (Lipinski definition) is 3. The minimum atomic E-state index is -4.89. The molecule has 0 aliphatic carbocycles. The van der Waals surface area contributed by atoms with Crippen molar-refractivity contribution in [1.29, 1.82) is 0 Å². The van der Waals surface area contributed by atoms with Crippen LogP contribution < -0.4 is 0 Å². The summed E-state index contributed by atoms with van der Waals surface area (Å²) in [6, 6.07) is 3.41. The first-order chi connectivity index (χ1) is 5.43. The molecule has 6 heteroatoms. The van der Waals surface area contributed by atoms with Crippen LogP contribution in [0.4, 0.5) is 3.89 Å². The first kappa shape index (κ1) is 9.28. The third kappa shape index (κ3) is 1.67. The average molecular weight is 211 g/mol. The second-order valence-electron chi connectivity index (χ2n) is 2.02. The zero-order chi connectivity index (χ0) is 9.35. The van der Waals surface area contributed by atoms with Gasteiger partial charge in [0.1, 0.15) is 4.90 Å². The molecule has 1 aromatic carbocycles. The van der Waals surface area contributed by atoms with E-state index in [1.807, 2.05) is 0 Å². The van der Waals surface area contributed by atoms with Crippen molar-refractivity contribution < 1.29 is 17.4 Å². The molecule has 1 rings (SSSR count). The van der Waals surface area contributed by atoms with Gasteiger partial charge in [-0.3, -0.25) is 0 Å². The molecule has 0 saturated carbocycles. The molecule has 0 fully saturated rings. The van der Waals surface area contributed by atoms with Crippen molar-refractivity contribution in [2.45, 2.75) is 4.90 Å². The zero-order valence-corrected chi connectivity index (χ0v) is 7.23. The van der Waals surface area contributed by atoms with Crippen molar-refractivity contribution in [3.8, 4) is 5.75 Å². The van der Waals surface area contributed by atoms with Crippen molar-refractivity contribution in [1.82, 2.24) is 0 Å². The second kappa shape index (κ2) is 2.91. The lowest BCUT2D eigenvalue weighted by Crippen LogP contribution is -1.92. The standard InChI is InChI=1S/C6H4ClFO3S/c7-4-2-1-3-5(6(4)9)12(8,10)11/h1-3,9H. The smallest absolute Gasteiger partial charge is 0.335 e. The van der Waals surface area contributed by atoms with Gasteiger partial charge in [-0.15, -0.1) is 3.89 Å². The minimum absolute atomic E-state index is 0.200. The number of phenols is 1. The molecule has 0 atom stereocenters. The van der Waals surface area contributed by atoms with E-state index in [0.29, 0.717) is 0 Å². The van der Waals surface area contributed by atoms with Gasteiger partial charge in [0, 0.05) is 0 Å². The van der Waals surface area contributed by atoms with Gasteiger partial charge in [-0.2, -0.15) is 8.42 Å². The Bertz CT molecular complexity index is 401. The third-order valence-electron chi connectivity index (χ3n) is 1.21. The predicted molar refractivity (Wildman–Crippen MR) is 41.4 cm³/mol. The minimum Gasteiger partial charge on any atom is -0.505 e. The summed E-state index contributed by atoms with van der Waals surface area (Å²) in [6.45, 7) is 0. The number of aromatic hydroxyl groups is 1. The van der Waals surface area contributed by atoms with Gasteiger partial charge in [0.15, 0.2) is 5.75 Å². The Morgan fingerprint density at radius 3 is 2.42 bits per heavy atom. The van der Waals surface area contributed by atoms with Crippen LogP contribution >= 0.6 is 11.6 Å². The van der Waals surface area contributed by atoms with Crippen LogP contribution in [0.3, 0.4) is 0 Å². The Morgan fingerprint density at radius 2 is 2.00 bits per heavy atom. The molecule has 0 unspecified atom stereocenters. The normalized spacial score (nSPS) is 11.5. The van der Waals surface area contributed by atoms with Crippen LogP contribution in [0.25, 0.3) is 0 Å². The molecule has 1 aromatic rings. The van der Waals surface area contributed by atoms with Crippen LogP contribution in [-0.4, -0.2) is 13.5 Å². The highest BCUT2D eigenvalue weighted by atomic mass is 35.5. The van der Waals surface area contributed by atoms with Crippen molar-refractivity contribution in [2.24, 2.45) is 0 Å². The van der Waals surface area contributed by atoms with E-state index in [-0.39, 0.29) is 5.02 Å². The van der Waals surface area contributed by atoms with Gasteiger partial charge in [0.2, 0.25) is 0 Å². The van der Waals surface area contributed by atoms with E-state index >= 15 is 0 Å². The summed E-state index contributed by atoms with van der Waals surface area (Å²) in [5, 5.41) is 8.78. The SMILES string of the molecule is O=S(=O)(F)c1cccc(Cl)c1O. The predicted octanol–water partition coefficient (Wildman–Crippen LogP) is 1.70. The van der Waals surface area contributed by atoms with Gasteiger partial charge in [0.05, 0.1) is 5.02 Å². The lowest BCUT2D eigenvalue weighted by molar-refractivity contribution is 0.455. The van der Waals surface area contributed by atoms with Gasteiger partial charge in [-0.25, -0.2) is 0 Å². The summed E-state index contributed by atoms with van der Waals surface area (Å²) < 4.78 is 33.0. The molecule has 0 aliphatic rings. The number of hydrogen-bond donors (Lipinski definition) is 1. The number of rotatable bonds is 1. The van der Waals surface area contributed by atoms with Gasteiger partial charge in [-0.1, -0.05) is 17.7 Å². The Balaban J connectivity index is 3.47. The number of para-hydroxylation sites is 1. The first-order valence-electron chi connectivity index (χ1n) is 2.85. The molecule has 0 saturated heterocycles. The van der Waals surface area contributed by atoms with E-state index in [9.17, 15) is 12.3 Å². The molecular formula is C6H4ClFO3S. The number of halogens is 2. The molecule has 0 spiro atoms.